The number of nitriles is 1. The van der Waals surface area contributed by atoms with Crippen molar-refractivity contribution < 1.29 is 0 Å². The van der Waals surface area contributed by atoms with Crippen LogP contribution in [-0.4, -0.2) is 24.7 Å². The minimum atomic E-state index is 0.0875. The van der Waals surface area contributed by atoms with E-state index in [0.29, 0.717) is 6.42 Å². The summed E-state index contributed by atoms with van der Waals surface area (Å²) in [7, 11) is 4.00. The third-order valence-corrected chi connectivity index (χ3v) is 2.02. The van der Waals surface area contributed by atoms with Gasteiger partial charge in [-0.1, -0.05) is 24.3 Å². The Bertz CT molecular complexity index is 341. The Morgan fingerprint density at radius 3 is 2.50 bits per heavy atom. The van der Waals surface area contributed by atoms with Gasteiger partial charge in [0.25, 0.3) is 0 Å². The molecule has 0 aliphatic heterocycles. The summed E-state index contributed by atoms with van der Waals surface area (Å²) in [6, 6.07) is 1.80. The molecule has 3 nitrogen and oxygen atoms in total. The van der Waals surface area contributed by atoms with Crippen LogP contribution in [0.5, 0.6) is 0 Å². The molecule has 0 saturated carbocycles. The molecule has 0 aliphatic carbocycles. The van der Waals surface area contributed by atoms with Crippen LogP contribution in [0, 0.1) is 16.7 Å². The van der Waals surface area contributed by atoms with E-state index in [0.717, 1.165) is 6.42 Å². The quantitative estimate of drug-likeness (QED) is 0.422. The molecule has 0 fully saturated rings. The molecule has 0 amide bonds. The Morgan fingerprint density at radius 2 is 2.00 bits per heavy atom. The maximum atomic E-state index is 8.41. The van der Waals surface area contributed by atoms with Crippen LogP contribution < -0.4 is 0 Å². The number of nitrogens with one attached hydrogen (secondary N) is 1. The zero-order chi connectivity index (χ0) is 12.4. The van der Waals surface area contributed by atoms with Gasteiger partial charge in [-0.3, -0.25) is 5.41 Å². The van der Waals surface area contributed by atoms with Gasteiger partial charge in [0.2, 0.25) is 0 Å². The zero-order valence-electron chi connectivity index (χ0n) is 10.2. The van der Waals surface area contributed by atoms with Crippen LogP contribution in [0.1, 0.15) is 19.8 Å². The van der Waals surface area contributed by atoms with E-state index >= 15 is 0 Å². The number of rotatable bonds is 6. The molecular weight excluding hydrogens is 198 g/mol. The molecule has 0 bridgehead atoms. The van der Waals surface area contributed by atoms with E-state index in [1.807, 2.05) is 45.3 Å². The highest BCUT2D eigenvalue weighted by Gasteiger charge is 1.94. The van der Waals surface area contributed by atoms with Gasteiger partial charge in [-0.2, -0.15) is 5.26 Å². The molecule has 3 heteroatoms. The van der Waals surface area contributed by atoms with Crippen molar-refractivity contribution in [1.29, 1.82) is 10.7 Å². The molecule has 0 aliphatic rings. The second-order valence-corrected chi connectivity index (χ2v) is 3.55. The van der Waals surface area contributed by atoms with Crippen LogP contribution >= 0.6 is 0 Å². The van der Waals surface area contributed by atoms with Crippen molar-refractivity contribution in [2.24, 2.45) is 0 Å². The highest BCUT2D eigenvalue weighted by molar-refractivity contribution is 5.96. The molecule has 0 radical (unpaired) electrons. The van der Waals surface area contributed by atoms with Gasteiger partial charge in [0.05, 0.1) is 0 Å². The van der Waals surface area contributed by atoms with Gasteiger partial charge in [-0.05, 0) is 13.0 Å². The average molecular weight is 217 g/mol. The second kappa shape index (κ2) is 8.49. The molecule has 0 aromatic rings. The highest BCUT2D eigenvalue weighted by Crippen LogP contribution is 2.06. The van der Waals surface area contributed by atoms with E-state index in [9.17, 15) is 0 Å². The van der Waals surface area contributed by atoms with Crippen molar-refractivity contribution in [3.05, 3.63) is 36.1 Å². The molecule has 0 aromatic carbocycles. The molecule has 0 saturated heterocycles. The number of hydrogen-bond donors (Lipinski definition) is 1. The van der Waals surface area contributed by atoms with Crippen molar-refractivity contribution in [2.45, 2.75) is 19.8 Å². The fourth-order valence-electron chi connectivity index (χ4n) is 1.05. The van der Waals surface area contributed by atoms with E-state index in [2.05, 4.69) is 11.0 Å². The molecule has 1 N–H and O–H groups in total. The summed E-state index contributed by atoms with van der Waals surface area (Å²) < 4.78 is 0. The number of nitrogens with zero attached hydrogens (tertiary/aromatic N) is 2. The SMILES string of the molecule is C/C=C/C/C(=C\C=C/CC(=N)C#N)N(C)C. The predicted octanol–water partition coefficient (Wildman–Crippen LogP) is 2.89. The minimum absolute atomic E-state index is 0.0875. The average Bonchev–Trinajstić information content (AvgIpc) is 2.27. The summed E-state index contributed by atoms with van der Waals surface area (Å²) in [5.41, 5.74) is 1.28. The monoisotopic (exact) mass is 217 g/mol. The lowest BCUT2D eigenvalue weighted by Gasteiger charge is -2.14. The van der Waals surface area contributed by atoms with Crippen molar-refractivity contribution in [3.63, 3.8) is 0 Å². The first-order valence-electron chi connectivity index (χ1n) is 5.23. The molecule has 0 spiro atoms. The smallest absolute Gasteiger partial charge is 0.114 e. The van der Waals surface area contributed by atoms with E-state index in [1.54, 1.807) is 6.07 Å². The van der Waals surface area contributed by atoms with Crippen LogP contribution in [0.25, 0.3) is 0 Å². The summed E-state index contributed by atoms with van der Waals surface area (Å²) in [6.07, 6.45) is 11.1. The van der Waals surface area contributed by atoms with Crippen molar-refractivity contribution in [3.8, 4) is 6.07 Å². The van der Waals surface area contributed by atoms with Gasteiger partial charge >= 0.3 is 0 Å². The first-order chi connectivity index (χ1) is 7.61. The highest BCUT2D eigenvalue weighted by atomic mass is 15.1. The van der Waals surface area contributed by atoms with E-state index in [4.69, 9.17) is 10.7 Å². The predicted molar refractivity (Wildman–Crippen MR) is 68.3 cm³/mol. The largest absolute Gasteiger partial charge is 0.381 e. The molecule has 0 heterocycles. The standard InChI is InChI=1S/C13H19N3/c1-4-5-9-13(16(2)3)10-7-6-8-12(15)11-14/h4-7,10,15H,8-9H2,1-3H3/b5-4+,7-6-,13-10+,15-12?. The molecule has 16 heavy (non-hydrogen) atoms. The molecule has 86 valence electrons. The third-order valence-electron chi connectivity index (χ3n) is 2.02. The lowest BCUT2D eigenvalue weighted by Crippen LogP contribution is -2.10. The summed E-state index contributed by atoms with van der Waals surface area (Å²) in [5.74, 6) is 0. The molecule has 0 aromatic heterocycles. The van der Waals surface area contributed by atoms with Crippen molar-refractivity contribution in [1.82, 2.24) is 4.90 Å². The maximum Gasteiger partial charge on any atom is 0.114 e. The third kappa shape index (κ3) is 6.61. The van der Waals surface area contributed by atoms with Crippen LogP contribution in [0.15, 0.2) is 36.1 Å². The Balaban J connectivity index is 4.34. The first kappa shape index (κ1) is 14.2. The lowest BCUT2D eigenvalue weighted by molar-refractivity contribution is 0.501. The molecule has 0 rings (SSSR count). The topological polar surface area (TPSA) is 50.9 Å². The molecule has 0 atom stereocenters. The maximum absolute atomic E-state index is 8.41. The van der Waals surface area contributed by atoms with Gasteiger partial charge in [0.15, 0.2) is 0 Å². The van der Waals surface area contributed by atoms with E-state index in [-0.39, 0.29) is 5.71 Å². The van der Waals surface area contributed by atoms with Crippen LogP contribution in [-0.2, 0) is 0 Å². The van der Waals surface area contributed by atoms with E-state index in [1.165, 1.54) is 5.70 Å². The minimum Gasteiger partial charge on any atom is -0.381 e. The summed E-state index contributed by atoms with van der Waals surface area (Å²) >= 11 is 0. The Kier molecular flexibility index (Phi) is 7.52. The number of allylic oxidation sites excluding steroid dienone is 5. The van der Waals surface area contributed by atoms with E-state index < -0.39 is 0 Å². The number of hydrogen-bond acceptors (Lipinski definition) is 3. The van der Waals surface area contributed by atoms with Crippen LogP contribution in [0.3, 0.4) is 0 Å². The zero-order valence-corrected chi connectivity index (χ0v) is 10.2. The molecule has 0 unspecified atom stereocenters. The van der Waals surface area contributed by atoms with Crippen molar-refractivity contribution in [2.75, 3.05) is 14.1 Å². The first-order valence-corrected chi connectivity index (χ1v) is 5.23. The van der Waals surface area contributed by atoms with Crippen molar-refractivity contribution >= 4 is 5.71 Å². The van der Waals surface area contributed by atoms with Gasteiger partial charge in [0, 0.05) is 32.6 Å². The van der Waals surface area contributed by atoms with Gasteiger partial charge in [-0.25, -0.2) is 0 Å². The van der Waals surface area contributed by atoms with Gasteiger partial charge in [-0.15, -0.1) is 0 Å². The summed E-state index contributed by atoms with van der Waals surface area (Å²) in [5, 5.41) is 15.6. The normalized spacial score (nSPS) is 12.0. The van der Waals surface area contributed by atoms with Gasteiger partial charge < -0.3 is 4.90 Å². The fraction of sp³-hybridized carbons (Fsp3) is 0.385. The Labute approximate surface area is 97.9 Å². The van der Waals surface area contributed by atoms with Gasteiger partial charge in [0.1, 0.15) is 11.8 Å². The summed E-state index contributed by atoms with van der Waals surface area (Å²) in [6.45, 7) is 2.00. The lowest BCUT2D eigenvalue weighted by atomic mass is 10.2. The summed E-state index contributed by atoms with van der Waals surface area (Å²) in [4.78, 5) is 2.06. The Morgan fingerprint density at radius 1 is 1.31 bits per heavy atom. The second-order valence-electron chi connectivity index (χ2n) is 3.55. The van der Waals surface area contributed by atoms with Crippen LogP contribution in [0.2, 0.25) is 0 Å². The fourth-order valence-corrected chi connectivity index (χ4v) is 1.05. The Hall–Kier alpha value is -1.82. The molecular formula is C13H19N3. The van der Waals surface area contributed by atoms with Crippen LogP contribution in [0.4, 0.5) is 0 Å².